The number of anilines is 1. The first-order valence-corrected chi connectivity index (χ1v) is 7.48. The second kappa shape index (κ2) is 8.29. The van der Waals surface area contributed by atoms with E-state index in [9.17, 15) is 18.0 Å². The maximum atomic E-state index is 12.4. The van der Waals surface area contributed by atoms with Gasteiger partial charge in [0, 0.05) is 11.3 Å². The Hall–Kier alpha value is -1.21. The Bertz CT molecular complexity index is 466. The highest BCUT2D eigenvalue weighted by molar-refractivity contribution is 8.00. The Morgan fingerprint density at radius 2 is 2.00 bits per heavy atom. The molecule has 0 saturated heterocycles. The third kappa shape index (κ3) is 7.38. The number of thioether (sulfide) groups is 1. The average molecular weight is 320 g/mol. The summed E-state index contributed by atoms with van der Waals surface area (Å²) in [4.78, 5) is 11.8. The highest BCUT2D eigenvalue weighted by atomic mass is 32.2. The Balaban J connectivity index is 2.60. The van der Waals surface area contributed by atoms with Gasteiger partial charge in [0.2, 0.25) is 5.91 Å². The van der Waals surface area contributed by atoms with Crippen molar-refractivity contribution in [1.82, 2.24) is 0 Å². The Morgan fingerprint density at radius 3 is 2.62 bits per heavy atom. The molecule has 0 aliphatic heterocycles. The fourth-order valence-corrected chi connectivity index (χ4v) is 2.43. The quantitative estimate of drug-likeness (QED) is 0.747. The van der Waals surface area contributed by atoms with Crippen molar-refractivity contribution < 1.29 is 18.0 Å². The molecule has 1 amide bonds. The van der Waals surface area contributed by atoms with Gasteiger partial charge in [-0.05, 0) is 49.2 Å². The lowest BCUT2D eigenvalue weighted by molar-refractivity contribution is -0.116. The predicted molar refractivity (Wildman–Crippen MR) is 79.1 cm³/mol. The summed E-state index contributed by atoms with van der Waals surface area (Å²) in [6.45, 7) is 2.56. The number of nitrogens with two attached hydrogens (primary N) is 1. The van der Waals surface area contributed by atoms with E-state index in [-0.39, 0.29) is 34.7 Å². The van der Waals surface area contributed by atoms with Gasteiger partial charge in [0.25, 0.3) is 0 Å². The number of rotatable bonds is 7. The number of hydrogen-bond donors (Lipinski definition) is 2. The zero-order chi connectivity index (χ0) is 15.9. The van der Waals surface area contributed by atoms with E-state index in [1.165, 1.54) is 18.2 Å². The molecule has 7 heteroatoms. The number of benzene rings is 1. The van der Waals surface area contributed by atoms with Crippen molar-refractivity contribution >= 4 is 23.4 Å². The predicted octanol–water partition coefficient (Wildman–Crippen LogP) is 4.00. The first kappa shape index (κ1) is 17.8. The molecule has 3 nitrogen and oxygen atoms in total. The van der Waals surface area contributed by atoms with Crippen molar-refractivity contribution in [2.75, 3.05) is 11.9 Å². The van der Waals surface area contributed by atoms with Gasteiger partial charge in [-0.15, -0.1) is 0 Å². The standard InChI is InChI=1S/C14H19F3N2OS/c1-10(8-9-18)6-7-13(20)19-11-4-2-3-5-12(11)21-14(15,16)17/h2-5,10H,6-9,18H2,1H3,(H,19,20). The molecule has 1 aromatic rings. The van der Waals surface area contributed by atoms with Crippen molar-refractivity contribution in [3.63, 3.8) is 0 Å². The summed E-state index contributed by atoms with van der Waals surface area (Å²) in [5.41, 5.74) is 1.24. The van der Waals surface area contributed by atoms with E-state index in [0.717, 1.165) is 6.42 Å². The van der Waals surface area contributed by atoms with E-state index in [4.69, 9.17) is 5.73 Å². The lowest BCUT2D eigenvalue weighted by Crippen LogP contribution is -2.15. The van der Waals surface area contributed by atoms with Crippen LogP contribution in [0.15, 0.2) is 29.2 Å². The van der Waals surface area contributed by atoms with Gasteiger partial charge in [0.1, 0.15) is 0 Å². The van der Waals surface area contributed by atoms with Gasteiger partial charge in [0.05, 0.1) is 5.69 Å². The summed E-state index contributed by atoms with van der Waals surface area (Å²) in [6.07, 6.45) is 1.76. The number of carbonyl (C=O) groups is 1. The minimum Gasteiger partial charge on any atom is -0.330 e. The molecular weight excluding hydrogens is 301 g/mol. The SMILES string of the molecule is CC(CCN)CCC(=O)Nc1ccccc1SC(F)(F)F. The second-order valence-corrected chi connectivity index (χ2v) is 5.92. The molecule has 3 N–H and O–H groups in total. The van der Waals surface area contributed by atoms with Crippen LogP contribution in [0.3, 0.4) is 0 Å². The van der Waals surface area contributed by atoms with Crippen molar-refractivity contribution in [2.45, 2.75) is 36.6 Å². The second-order valence-electron chi connectivity index (χ2n) is 4.81. The van der Waals surface area contributed by atoms with E-state index in [0.29, 0.717) is 18.9 Å². The first-order valence-electron chi connectivity index (χ1n) is 6.66. The molecule has 0 fully saturated rings. The molecular formula is C14H19F3N2OS. The molecule has 1 aromatic carbocycles. The average Bonchev–Trinajstić information content (AvgIpc) is 2.37. The molecule has 1 rings (SSSR count). The van der Waals surface area contributed by atoms with Gasteiger partial charge < -0.3 is 11.1 Å². The van der Waals surface area contributed by atoms with Crippen LogP contribution in [-0.4, -0.2) is 18.0 Å². The summed E-state index contributed by atoms with van der Waals surface area (Å²) in [5, 5.41) is 2.54. The van der Waals surface area contributed by atoms with Gasteiger partial charge >= 0.3 is 5.51 Å². The van der Waals surface area contributed by atoms with E-state index in [1.807, 2.05) is 6.92 Å². The molecule has 0 saturated carbocycles. The molecule has 0 spiro atoms. The minimum absolute atomic E-state index is 0.00615. The van der Waals surface area contributed by atoms with E-state index >= 15 is 0 Å². The van der Waals surface area contributed by atoms with E-state index < -0.39 is 5.51 Å². The number of halogens is 3. The summed E-state index contributed by atoms with van der Waals surface area (Å²) < 4.78 is 37.3. The normalized spacial score (nSPS) is 13.0. The lowest BCUT2D eigenvalue weighted by Gasteiger charge is -2.13. The van der Waals surface area contributed by atoms with Crippen LogP contribution in [0.2, 0.25) is 0 Å². The summed E-state index contributed by atoms with van der Waals surface area (Å²) in [7, 11) is 0. The number of amides is 1. The number of hydrogen-bond acceptors (Lipinski definition) is 3. The van der Waals surface area contributed by atoms with Crippen molar-refractivity contribution in [1.29, 1.82) is 0 Å². The maximum absolute atomic E-state index is 12.4. The molecule has 118 valence electrons. The fraction of sp³-hybridized carbons (Fsp3) is 0.500. The Labute approximate surface area is 126 Å². The van der Waals surface area contributed by atoms with Crippen molar-refractivity contribution in [3.05, 3.63) is 24.3 Å². The van der Waals surface area contributed by atoms with E-state index in [1.54, 1.807) is 6.07 Å². The topological polar surface area (TPSA) is 55.1 Å². The molecule has 0 aliphatic carbocycles. The van der Waals surface area contributed by atoms with Crippen LogP contribution >= 0.6 is 11.8 Å². The highest BCUT2D eigenvalue weighted by Crippen LogP contribution is 2.40. The minimum atomic E-state index is -4.38. The molecule has 0 aliphatic rings. The molecule has 1 atom stereocenters. The van der Waals surface area contributed by atoms with Crippen LogP contribution in [0.4, 0.5) is 18.9 Å². The molecule has 0 aromatic heterocycles. The Morgan fingerprint density at radius 1 is 1.33 bits per heavy atom. The van der Waals surface area contributed by atoms with Gasteiger partial charge in [-0.2, -0.15) is 13.2 Å². The van der Waals surface area contributed by atoms with Gasteiger partial charge in [0.15, 0.2) is 0 Å². The Kier molecular flexibility index (Phi) is 7.04. The largest absolute Gasteiger partial charge is 0.446 e. The summed E-state index contributed by atoms with van der Waals surface area (Å²) in [6, 6.07) is 5.90. The number of alkyl halides is 3. The van der Waals surface area contributed by atoms with Crippen LogP contribution in [0.25, 0.3) is 0 Å². The van der Waals surface area contributed by atoms with Crippen molar-refractivity contribution in [2.24, 2.45) is 11.7 Å². The number of para-hydroxylation sites is 1. The van der Waals surface area contributed by atoms with Crippen LogP contribution in [0.1, 0.15) is 26.2 Å². The molecule has 0 bridgehead atoms. The van der Waals surface area contributed by atoms with Crippen LogP contribution < -0.4 is 11.1 Å². The molecule has 0 heterocycles. The van der Waals surface area contributed by atoms with Crippen LogP contribution in [0.5, 0.6) is 0 Å². The maximum Gasteiger partial charge on any atom is 0.446 e. The zero-order valence-corrected chi connectivity index (χ0v) is 12.6. The van der Waals surface area contributed by atoms with Gasteiger partial charge in [-0.25, -0.2) is 0 Å². The van der Waals surface area contributed by atoms with E-state index in [2.05, 4.69) is 5.32 Å². The third-order valence-corrected chi connectivity index (χ3v) is 3.72. The van der Waals surface area contributed by atoms with Crippen LogP contribution in [0, 0.1) is 5.92 Å². The summed E-state index contributed by atoms with van der Waals surface area (Å²) in [5.74, 6) is 0.0367. The van der Waals surface area contributed by atoms with Crippen molar-refractivity contribution in [3.8, 4) is 0 Å². The molecule has 0 radical (unpaired) electrons. The lowest BCUT2D eigenvalue weighted by atomic mass is 10.0. The van der Waals surface area contributed by atoms with Gasteiger partial charge in [-0.3, -0.25) is 4.79 Å². The smallest absolute Gasteiger partial charge is 0.330 e. The fourth-order valence-electron chi connectivity index (χ4n) is 1.80. The number of nitrogens with one attached hydrogen (secondary N) is 1. The van der Waals surface area contributed by atoms with Gasteiger partial charge in [-0.1, -0.05) is 19.1 Å². The molecule has 21 heavy (non-hydrogen) atoms. The molecule has 1 unspecified atom stereocenters. The zero-order valence-electron chi connectivity index (χ0n) is 11.7. The summed E-state index contributed by atoms with van der Waals surface area (Å²) >= 11 is -0.229. The first-order chi connectivity index (χ1) is 9.81. The highest BCUT2D eigenvalue weighted by Gasteiger charge is 2.30. The number of carbonyl (C=O) groups excluding carboxylic acids is 1. The third-order valence-electron chi connectivity index (χ3n) is 2.91. The monoisotopic (exact) mass is 320 g/mol. The van der Waals surface area contributed by atoms with Crippen LogP contribution in [-0.2, 0) is 4.79 Å².